The fourth-order valence-electron chi connectivity index (χ4n) is 1.30. The molecule has 0 aliphatic rings. The maximum atomic E-state index is 11.3. The SMILES string of the molecule is Cc1cc(-c2c(C)[nH][nH]c2=O)n[nH]1. The second-order valence-electron chi connectivity index (χ2n) is 3.02. The molecule has 0 aliphatic carbocycles. The molecule has 2 heterocycles. The molecule has 3 N–H and O–H groups in total. The van der Waals surface area contributed by atoms with Crippen molar-refractivity contribution in [2.45, 2.75) is 13.8 Å². The van der Waals surface area contributed by atoms with Gasteiger partial charge in [0.05, 0.1) is 11.3 Å². The van der Waals surface area contributed by atoms with Gasteiger partial charge in [-0.1, -0.05) is 0 Å². The zero-order chi connectivity index (χ0) is 9.42. The number of aromatic amines is 3. The van der Waals surface area contributed by atoms with Crippen LogP contribution in [0.4, 0.5) is 0 Å². The number of aromatic nitrogens is 4. The van der Waals surface area contributed by atoms with E-state index in [0.29, 0.717) is 11.3 Å². The van der Waals surface area contributed by atoms with Gasteiger partial charge in [0, 0.05) is 11.4 Å². The van der Waals surface area contributed by atoms with Gasteiger partial charge in [0.2, 0.25) is 0 Å². The molecule has 68 valence electrons. The van der Waals surface area contributed by atoms with Gasteiger partial charge in [0.25, 0.3) is 5.56 Å². The van der Waals surface area contributed by atoms with Crippen molar-refractivity contribution in [3.63, 3.8) is 0 Å². The maximum Gasteiger partial charge on any atom is 0.273 e. The van der Waals surface area contributed by atoms with E-state index in [9.17, 15) is 4.79 Å². The number of nitrogens with zero attached hydrogens (tertiary/aromatic N) is 1. The highest BCUT2D eigenvalue weighted by atomic mass is 16.1. The Morgan fingerprint density at radius 3 is 2.54 bits per heavy atom. The van der Waals surface area contributed by atoms with Crippen LogP contribution in [-0.4, -0.2) is 20.4 Å². The third kappa shape index (κ3) is 1.18. The van der Waals surface area contributed by atoms with Crippen LogP contribution in [-0.2, 0) is 0 Å². The van der Waals surface area contributed by atoms with Crippen molar-refractivity contribution in [2.75, 3.05) is 0 Å². The van der Waals surface area contributed by atoms with Crippen LogP contribution in [0, 0.1) is 13.8 Å². The lowest BCUT2D eigenvalue weighted by molar-refractivity contribution is 1.02. The van der Waals surface area contributed by atoms with Gasteiger partial charge in [-0.3, -0.25) is 15.0 Å². The van der Waals surface area contributed by atoms with Crippen molar-refractivity contribution in [1.29, 1.82) is 0 Å². The van der Waals surface area contributed by atoms with Crippen molar-refractivity contribution in [3.8, 4) is 11.3 Å². The summed E-state index contributed by atoms with van der Waals surface area (Å²) in [5.74, 6) is 0. The average molecular weight is 178 g/mol. The number of rotatable bonds is 1. The maximum absolute atomic E-state index is 11.3. The van der Waals surface area contributed by atoms with Gasteiger partial charge in [0.15, 0.2) is 0 Å². The summed E-state index contributed by atoms with van der Waals surface area (Å²) < 4.78 is 0. The van der Waals surface area contributed by atoms with Gasteiger partial charge < -0.3 is 5.10 Å². The minimum Gasteiger partial charge on any atom is -0.302 e. The quantitative estimate of drug-likeness (QED) is 0.601. The van der Waals surface area contributed by atoms with Crippen molar-refractivity contribution in [1.82, 2.24) is 20.4 Å². The fraction of sp³-hybridized carbons (Fsp3) is 0.250. The van der Waals surface area contributed by atoms with E-state index in [1.807, 2.05) is 19.9 Å². The minimum atomic E-state index is -0.135. The normalized spacial score (nSPS) is 10.6. The van der Waals surface area contributed by atoms with Crippen molar-refractivity contribution >= 4 is 0 Å². The Labute approximate surface area is 74.2 Å². The molecule has 2 aromatic rings. The molecule has 0 aliphatic heterocycles. The number of hydrogen-bond donors (Lipinski definition) is 3. The second kappa shape index (κ2) is 2.62. The summed E-state index contributed by atoms with van der Waals surface area (Å²) in [5, 5.41) is 12.1. The highest BCUT2D eigenvalue weighted by molar-refractivity contribution is 5.60. The smallest absolute Gasteiger partial charge is 0.273 e. The van der Waals surface area contributed by atoms with Gasteiger partial charge in [-0.15, -0.1) is 0 Å². The minimum absolute atomic E-state index is 0.135. The largest absolute Gasteiger partial charge is 0.302 e. The summed E-state index contributed by atoms with van der Waals surface area (Å²) in [7, 11) is 0. The van der Waals surface area contributed by atoms with Crippen molar-refractivity contribution in [2.24, 2.45) is 0 Å². The molecule has 0 amide bonds. The third-order valence-electron chi connectivity index (χ3n) is 1.93. The standard InChI is InChI=1S/C8H10N4O/c1-4-3-6(11-9-4)7-5(2)10-12-8(7)13/h3H,1-2H3,(H,9,11)(H2,10,12,13). The van der Waals surface area contributed by atoms with E-state index in [2.05, 4.69) is 20.4 Å². The lowest BCUT2D eigenvalue weighted by Crippen LogP contribution is -2.01. The Bertz CT molecular complexity index is 476. The first-order chi connectivity index (χ1) is 6.18. The highest BCUT2D eigenvalue weighted by Crippen LogP contribution is 2.15. The van der Waals surface area contributed by atoms with Gasteiger partial charge in [0.1, 0.15) is 0 Å². The molecule has 0 bridgehead atoms. The van der Waals surface area contributed by atoms with Gasteiger partial charge >= 0.3 is 0 Å². The molecule has 5 nitrogen and oxygen atoms in total. The zero-order valence-electron chi connectivity index (χ0n) is 7.43. The molecule has 0 spiro atoms. The van der Waals surface area contributed by atoms with E-state index >= 15 is 0 Å². The molecule has 0 radical (unpaired) electrons. The molecular formula is C8H10N4O. The van der Waals surface area contributed by atoms with Crippen LogP contribution in [0.2, 0.25) is 0 Å². The predicted octanol–water partition coefficient (Wildman–Crippen LogP) is 0.710. The Morgan fingerprint density at radius 2 is 2.08 bits per heavy atom. The van der Waals surface area contributed by atoms with E-state index in [1.165, 1.54) is 0 Å². The first-order valence-corrected chi connectivity index (χ1v) is 3.98. The monoisotopic (exact) mass is 178 g/mol. The van der Waals surface area contributed by atoms with Crippen LogP contribution in [0.3, 0.4) is 0 Å². The summed E-state index contributed by atoms with van der Waals surface area (Å²) in [4.78, 5) is 11.3. The lowest BCUT2D eigenvalue weighted by atomic mass is 10.2. The molecule has 0 aromatic carbocycles. The van der Waals surface area contributed by atoms with Crippen LogP contribution in [0.1, 0.15) is 11.4 Å². The van der Waals surface area contributed by atoms with Crippen LogP contribution < -0.4 is 5.56 Å². The lowest BCUT2D eigenvalue weighted by Gasteiger charge is -1.88. The van der Waals surface area contributed by atoms with Gasteiger partial charge in [-0.05, 0) is 19.9 Å². The predicted molar refractivity (Wildman–Crippen MR) is 48.5 cm³/mol. The molecule has 2 aromatic heterocycles. The molecule has 0 saturated heterocycles. The molecular weight excluding hydrogens is 168 g/mol. The molecule has 5 heteroatoms. The van der Waals surface area contributed by atoms with Crippen molar-refractivity contribution < 1.29 is 0 Å². The first kappa shape index (κ1) is 7.85. The van der Waals surface area contributed by atoms with Crippen LogP contribution in [0.15, 0.2) is 10.9 Å². The second-order valence-corrected chi connectivity index (χ2v) is 3.02. The van der Waals surface area contributed by atoms with Gasteiger partial charge in [-0.25, -0.2) is 0 Å². The molecule has 0 atom stereocenters. The number of nitrogens with one attached hydrogen (secondary N) is 3. The number of aryl methyl sites for hydroxylation is 2. The molecule has 13 heavy (non-hydrogen) atoms. The molecule has 0 unspecified atom stereocenters. The van der Waals surface area contributed by atoms with E-state index in [0.717, 1.165) is 11.4 Å². The highest BCUT2D eigenvalue weighted by Gasteiger charge is 2.10. The molecule has 0 saturated carbocycles. The Balaban J connectivity index is 2.64. The van der Waals surface area contributed by atoms with E-state index in [-0.39, 0.29) is 5.56 Å². The molecule has 0 fully saturated rings. The first-order valence-electron chi connectivity index (χ1n) is 3.98. The van der Waals surface area contributed by atoms with Crippen molar-refractivity contribution in [3.05, 3.63) is 27.8 Å². The summed E-state index contributed by atoms with van der Waals surface area (Å²) in [6.45, 7) is 3.73. The topological polar surface area (TPSA) is 77.3 Å². The fourth-order valence-corrected chi connectivity index (χ4v) is 1.30. The summed E-state index contributed by atoms with van der Waals surface area (Å²) in [5.41, 5.74) is 2.89. The summed E-state index contributed by atoms with van der Waals surface area (Å²) >= 11 is 0. The molecule has 2 rings (SSSR count). The number of hydrogen-bond acceptors (Lipinski definition) is 2. The third-order valence-corrected chi connectivity index (χ3v) is 1.93. The van der Waals surface area contributed by atoms with Crippen LogP contribution >= 0.6 is 0 Å². The number of H-pyrrole nitrogens is 3. The van der Waals surface area contributed by atoms with E-state index in [4.69, 9.17) is 0 Å². The van der Waals surface area contributed by atoms with Gasteiger partial charge in [-0.2, -0.15) is 5.10 Å². The summed E-state index contributed by atoms with van der Waals surface area (Å²) in [6.07, 6.45) is 0. The Hall–Kier alpha value is -1.78. The average Bonchev–Trinajstić information content (AvgIpc) is 2.60. The van der Waals surface area contributed by atoms with Crippen LogP contribution in [0.5, 0.6) is 0 Å². The summed E-state index contributed by atoms with van der Waals surface area (Å²) in [6, 6.07) is 1.84. The van der Waals surface area contributed by atoms with Crippen LogP contribution in [0.25, 0.3) is 11.3 Å². The van der Waals surface area contributed by atoms with E-state index in [1.54, 1.807) is 0 Å². The Kier molecular flexibility index (Phi) is 1.58. The van der Waals surface area contributed by atoms with E-state index < -0.39 is 0 Å². The zero-order valence-corrected chi connectivity index (χ0v) is 7.43. The Morgan fingerprint density at radius 1 is 1.31 bits per heavy atom.